The fraction of sp³-hybridized carbons (Fsp3) is 0.909. The molecular formula is C11H22O3. The number of rotatable bonds is 5. The Labute approximate surface area is 86.1 Å². The molecule has 0 aliphatic carbocycles. The third-order valence-corrected chi connectivity index (χ3v) is 2.81. The highest BCUT2D eigenvalue weighted by Gasteiger charge is 2.38. The first-order valence-corrected chi connectivity index (χ1v) is 5.17. The predicted molar refractivity (Wildman–Crippen MR) is 56.2 cm³/mol. The third kappa shape index (κ3) is 3.66. The highest BCUT2D eigenvalue weighted by molar-refractivity contribution is 5.66. The molecule has 2 N–H and O–H groups in total. The van der Waals surface area contributed by atoms with Crippen LogP contribution < -0.4 is 0 Å². The van der Waals surface area contributed by atoms with Crippen molar-refractivity contribution in [3.63, 3.8) is 0 Å². The maximum atomic E-state index is 10.5. The minimum absolute atomic E-state index is 0.0355. The molecule has 0 aliphatic heterocycles. The van der Waals surface area contributed by atoms with Crippen LogP contribution >= 0.6 is 0 Å². The minimum atomic E-state index is -0.861. The van der Waals surface area contributed by atoms with Crippen LogP contribution in [0.5, 0.6) is 0 Å². The Morgan fingerprint density at radius 2 is 1.71 bits per heavy atom. The van der Waals surface area contributed by atoms with Crippen molar-refractivity contribution in [1.29, 1.82) is 0 Å². The standard InChI is InChI=1S/C11H22O3/c1-5-7-11(14,10(2,3)4)8-6-9(12)13/h14H,5-8H2,1-4H3,(H,12,13). The molecule has 0 aromatic rings. The first-order chi connectivity index (χ1) is 6.23. The van der Waals surface area contributed by atoms with E-state index in [0.717, 1.165) is 6.42 Å². The zero-order chi connectivity index (χ0) is 11.4. The molecule has 0 aromatic carbocycles. The van der Waals surface area contributed by atoms with Crippen molar-refractivity contribution in [1.82, 2.24) is 0 Å². The largest absolute Gasteiger partial charge is 0.481 e. The van der Waals surface area contributed by atoms with E-state index in [2.05, 4.69) is 0 Å². The van der Waals surface area contributed by atoms with Gasteiger partial charge in [-0.25, -0.2) is 0 Å². The van der Waals surface area contributed by atoms with E-state index in [-0.39, 0.29) is 11.8 Å². The highest BCUT2D eigenvalue weighted by Crippen LogP contribution is 2.37. The summed E-state index contributed by atoms with van der Waals surface area (Å²) in [5.41, 5.74) is -1.13. The summed E-state index contributed by atoms with van der Waals surface area (Å²) in [5.74, 6) is -0.844. The van der Waals surface area contributed by atoms with Gasteiger partial charge in [0, 0.05) is 6.42 Å². The molecule has 0 radical (unpaired) electrons. The second kappa shape index (κ2) is 4.78. The van der Waals surface area contributed by atoms with Crippen molar-refractivity contribution < 1.29 is 15.0 Å². The van der Waals surface area contributed by atoms with Crippen LogP contribution in [0.3, 0.4) is 0 Å². The summed E-state index contributed by atoms with van der Waals surface area (Å²) >= 11 is 0. The molecule has 1 atom stereocenters. The number of aliphatic hydroxyl groups is 1. The summed E-state index contributed by atoms with van der Waals surface area (Å²) in [6.07, 6.45) is 1.89. The van der Waals surface area contributed by atoms with Crippen LogP contribution in [0, 0.1) is 5.41 Å². The van der Waals surface area contributed by atoms with Gasteiger partial charge in [0.15, 0.2) is 0 Å². The van der Waals surface area contributed by atoms with Crippen molar-refractivity contribution in [2.45, 2.75) is 59.0 Å². The first-order valence-electron chi connectivity index (χ1n) is 5.17. The molecule has 0 amide bonds. The number of carbonyl (C=O) groups is 1. The van der Waals surface area contributed by atoms with Gasteiger partial charge >= 0.3 is 5.97 Å². The fourth-order valence-electron chi connectivity index (χ4n) is 1.60. The normalized spacial score (nSPS) is 16.4. The summed E-state index contributed by atoms with van der Waals surface area (Å²) in [5, 5.41) is 18.9. The van der Waals surface area contributed by atoms with Gasteiger partial charge in [-0.3, -0.25) is 4.79 Å². The number of hydrogen-bond donors (Lipinski definition) is 2. The number of hydrogen-bond acceptors (Lipinski definition) is 2. The summed E-state index contributed by atoms with van der Waals surface area (Å²) in [6, 6.07) is 0. The predicted octanol–water partition coefficient (Wildman–Crippen LogP) is 2.43. The third-order valence-electron chi connectivity index (χ3n) is 2.81. The zero-order valence-corrected chi connectivity index (χ0v) is 9.63. The van der Waals surface area contributed by atoms with Crippen LogP contribution in [0.4, 0.5) is 0 Å². The van der Waals surface area contributed by atoms with Crippen LogP contribution in [-0.2, 0) is 4.79 Å². The average molecular weight is 202 g/mol. The van der Waals surface area contributed by atoms with E-state index >= 15 is 0 Å². The van der Waals surface area contributed by atoms with Gasteiger partial charge in [0.05, 0.1) is 5.60 Å². The number of aliphatic carboxylic acids is 1. The van der Waals surface area contributed by atoms with Crippen LogP contribution in [0.15, 0.2) is 0 Å². The van der Waals surface area contributed by atoms with Crippen LogP contribution in [-0.4, -0.2) is 21.8 Å². The molecule has 0 spiro atoms. The maximum Gasteiger partial charge on any atom is 0.303 e. The van der Waals surface area contributed by atoms with E-state index in [1.54, 1.807) is 0 Å². The summed E-state index contributed by atoms with van der Waals surface area (Å²) in [7, 11) is 0. The SMILES string of the molecule is CCCC(O)(CCC(=O)O)C(C)(C)C. The Hall–Kier alpha value is -0.570. The molecule has 0 saturated heterocycles. The molecule has 3 nitrogen and oxygen atoms in total. The van der Waals surface area contributed by atoms with Gasteiger partial charge in [0.25, 0.3) is 0 Å². The Morgan fingerprint density at radius 3 is 2.00 bits per heavy atom. The lowest BCUT2D eigenvalue weighted by molar-refractivity contribution is -0.140. The Morgan fingerprint density at radius 1 is 1.21 bits per heavy atom. The van der Waals surface area contributed by atoms with E-state index in [1.807, 2.05) is 27.7 Å². The molecule has 0 rings (SSSR count). The van der Waals surface area contributed by atoms with Gasteiger partial charge in [-0.15, -0.1) is 0 Å². The summed E-state index contributed by atoms with van der Waals surface area (Å²) in [4.78, 5) is 10.5. The van der Waals surface area contributed by atoms with Crippen molar-refractivity contribution in [2.24, 2.45) is 5.41 Å². The van der Waals surface area contributed by atoms with Crippen LogP contribution in [0.1, 0.15) is 53.4 Å². The monoisotopic (exact) mass is 202 g/mol. The number of carboxylic acid groups (broad SMARTS) is 1. The Balaban J connectivity index is 4.47. The van der Waals surface area contributed by atoms with Gasteiger partial charge in [-0.1, -0.05) is 34.1 Å². The van der Waals surface area contributed by atoms with Crippen LogP contribution in [0.25, 0.3) is 0 Å². The minimum Gasteiger partial charge on any atom is -0.481 e. The smallest absolute Gasteiger partial charge is 0.303 e. The van der Waals surface area contributed by atoms with Gasteiger partial charge in [0.2, 0.25) is 0 Å². The molecular weight excluding hydrogens is 180 g/mol. The van der Waals surface area contributed by atoms with Gasteiger partial charge in [0.1, 0.15) is 0 Å². The first kappa shape index (κ1) is 13.4. The van der Waals surface area contributed by atoms with E-state index < -0.39 is 11.6 Å². The second-order valence-electron chi connectivity index (χ2n) is 4.93. The van der Waals surface area contributed by atoms with E-state index in [1.165, 1.54) is 0 Å². The van der Waals surface area contributed by atoms with Crippen molar-refractivity contribution >= 4 is 5.97 Å². The topological polar surface area (TPSA) is 57.5 Å². The molecule has 0 bridgehead atoms. The molecule has 84 valence electrons. The van der Waals surface area contributed by atoms with Crippen molar-refractivity contribution in [3.05, 3.63) is 0 Å². The fourth-order valence-corrected chi connectivity index (χ4v) is 1.60. The van der Waals surface area contributed by atoms with E-state index in [4.69, 9.17) is 5.11 Å². The number of carboxylic acids is 1. The Kier molecular flexibility index (Phi) is 4.59. The molecule has 0 fully saturated rings. The summed E-state index contributed by atoms with van der Waals surface area (Å²) < 4.78 is 0. The molecule has 0 aliphatic rings. The molecule has 14 heavy (non-hydrogen) atoms. The lowest BCUT2D eigenvalue weighted by Crippen LogP contribution is -2.43. The molecule has 0 saturated carbocycles. The van der Waals surface area contributed by atoms with Crippen molar-refractivity contribution in [2.75, 3.05) is 0 Å². The Bertz CT molecular complexity index is 193. The van der Waals surface area contributed by atoms with Gasteiger partial charge < -0.3 is 10.2 Å². The van der Waals surface area contributed by atoms with E-state index in [9.17, 15) is 9.90 Å². The van der Waals surface area contributed by atoms with Crippen molar-refractivity contribution in [3.8, 4) is 0 Å². The molecule has 3 heteroatoms. The lowest BCUT2D eigenvalue weighted by Gasteiger charge is -2.40. The quantitative estimate of drug-likeness (QED) is 0.720. The summed E-state index contributed by atoms with van der Waals surface area (Å²) in [6.45, 7) is 7.84. The lowest BCUT2D eigenvalue weighted by atomic mass is 9.71. The molecule has 0 aromatic heterocycles. The maximum absolute atomic E-state index is 10.5. The average Bonchev–Trinajstić information content (AvgIpc) is 1.99. The molecule has 1 unspecified atom stereocenters. The molecule has 0 heterocycles. The zero-order valence-electron chi connectivity index (χ0n) is 9.63. The van der Waals surface area contributed by atoms with Crippen LogP contribution in [0.2, 0.25) is 0 Å². The van der Waals surface area contributed by atoms with Gasteiger partial charge in [-0.2, -0.15) is 0 Å². The van der Waals surface area contributed by atoms with Gasteiger partial charge in [-0.05, 0) is 18.3 Å². The highest BCUT2D eigenvalue weighted by atomic mass is 16.4. The van der Waals surface area contributed by atoms with E-state index in [0.29, 0.717) is 12.8 Å². The second-order valence-corrected chi connectivity index (χ2v) is 4.93.